The quantitative estimate of drug-likeness (QED) is 0.320. The van der Waals surface area contributed by atoms with Gasteiger partial charge in [-0.15, -0.1) is 0 Å². The summed E-state index contributed by atoms with van der Waals surface area (Å²) in [7, 11) is 1.44. The summed E-state index contributed by atoms with van der Waals surface area (Å²) >= 11 is 0. The van der Waals surface area contributed by atoms with Crippen LogP contribution in [0.15, 0.2) is 53.6 Å². The van der Waals surface area contributed by atoms with Crippen molar-refractivity contribution >= 4 is 35.0 Å². The zero-order chi connectivity index (χ0) is 30.8. The van der Waals surface area contributed by atoms with Crippen molar-refractivity contribution in [3.05, 3.63) is 70.7 Å². The zero-order valence-corrected chi connectivity index (χ0v) is 24.1. The van der Waals surface area contributed by atoms with Gasteiger partial charge in [-0.3, -0.25) is 14.5 Å². The van der Waals surface area contributed by atoms with Crippen molar-refractivity contribution in [3.8, 4) is 5.82 Å². The number of fused-ring (bicyclic) bond motifs is 1. The van der Waals surface area contributed by atoms with E-state index in [1.165, 1.54) is 42.2 Å². The van der Waals surface area contributed by atoms with Crippen LogP contribution in [0.1, 0.15) is 51.4 Å². The summed E-state index contributed by atoms with van der Waals surface area (Å²) in [5, 5.41) is 9.64. The number of ether oxygens (including phenoxy) is 1. The van der Waals surface area contributed by atoms with Gasteiger partial charge in [0.25, 0.3) is 11.5 Å². The third-order valence-corrected chi connectivity index (χ3v) is 5.91. The van der Waals surface area contributed by atoms with E-state index >= 15 is 0 Å². The van der Waals surface area contributed by atoms with Gasteiger partial charge in [0.15, 0.2) is 5.65 Å². The molecule has 0 bridgehead atoms. The SMILES string of the molecule is CC.CN(C(=O)OC(C)(C)C)c1cc(Nc2ccc(F)n(-c3ccccn3)c2=O)nc2c(C(=O)NC3CC3F)cnn12. The molecule has 0 spiro atoms. The first-order chi connectivity index (χ1) is 19.9. The number of amides is 2. The Bertz CT molecular complexity index is 1670. The van der Waals surface area contributed by atoms with Gasteiger partial charge < -0.3 is 15.4 Å². The Balaban J connectivity index is 0.00000198. The van der Waals surface area contributed by atoms with E-state index in [0.717, 1.165) is 15.5 Å². The zero-order valence-electron chi connectivity index (χ0n) is 24.1. The van der Waals surface area contributed by atoms with Crippen molar-refractivity contribution in [1.29, 1.82) is 0 Å². The Hall–Kier alpha value is -4.88. The lowest BCUT2D eigenvalue weighted by atomic mass is 10.2. The van der Waals surface area contributed by atoms with Crippen LogP contribution in [0.25, 0.3) is 11.5 Å². The van der Waals surface area contributed by atoms with Crippen LogP contribution >= 0.6 is 0 Å². The maximum Gasteiger partial charge on any atom is 0.415 e. The standard InChI is InChI=1S/C26H26F2N8O4.C2H6/c1-26(2,3)40-25(39)34(4)21-12-19(33-22-14(13-30-36(21)22)23(37)32-17-11-15(17)27)31-16-8-9-18(28)35(24(16)38)20-7-5-6-10-29-20;1-2/h5-10,12-13,15,17H,11H2,1-4H3,(H,31,33)(H,32,37);1-2H3. The number of aromatic nitrogens is 5. The molecule has 0 radical (unpaired) electrons. The highest BCUT2D eigenvalue weighted by molar-refractivity contribution is 6.01. The summed E-state index contributed by atoms with van der Waals surface area (Å²) in [5.41, 5.74) is -1.57. The van der Waals surface area contributed by atoms with Gasteiger partial charge in [-0.2, -0.15) is 14.0 Å². The summed E-state index contributed by atoms with van der Waals surface area (Å²) in [4.78, 5) is 48.6. The first-order valence-corrected chi connectivity index (χ1v) is 13.3. The normalized spacial score (nSPS) is 15.8. The number of hydrogen-bond donors (Lipinski definition) is 2. The summed E-state index contributed by atoms with van der Waals surface area (Å²) < 4.78 is 35.6. The fourth-order valence-corrected chi connectivity index (χ4v) is 3.84. The molecule has 1 fully saturated rings. The second-order valence-corrected chi connectivity index (χ2v) is 10.2. The summed E-state index contributed by atoms with van der Waals surface area (Å²) in [6.07, 6.45) is 1.05. The molecule has 4 aromatic rings. The van der Waals surface area contributed by atoms with Gasteiger partial charge in [-0.1, -0.05) is 19.9 Å². The first kappa shape index (κ1) is 30.1. The van der Waals surface area contributed by atoms with Crippen molar-refractivity contribution in [2.45, 2.75) is 58.9 Å². The molecule has 4 heterocycles. The number of alkyl halides is 1. The predicted molar refractivity (Wildman–Crippen MR) is 153 cm³/mol. The first-order valence-electron chi connectivity index (χ1n) is 13.3. The number of hydrogen-bond acceptors (Lipinski definition) is 8. The number of anilines is 3. The topological polar surface area (TPSA) is 136 Å². The molecule has 0 aliphatic heterocycles. The van der Waals surface area contributed by atoms with Crippen molar-refractivity contribution < 1.29 is 23.1 Å². The maximum atomic E-state index is 14.6. The molecule has 14 heteroatoms. The van der Waals surface area contributed by atoms with E-state index in [0.29, 0.717) is 0 Å². The molecule has 2 amide bonds. The second-order valence-electron chi connectivity index (χ2n) is 10.2. The van der Waals surface area contributed by atoms with Gasteiger partial charge in [0, 0.05) is 25.7 Å². The van der Waals surface area contributed by atoms with Crippen LogP contribution in [0.5, 0.6) is 0 Å². The lowest BCUT2D eigenvalue weighted by Crippen LogP contribution is -2.35. The van der Waals surface area contributed by atoms with Crippen molar-refractivity contribution in [3.63, 3.8) is 0 Å². The fourth-order valence-electron chi connectivity index (χ4n) is 3.84. The molecule has 5 rings (SSSR count). The largest absolute Gasteiger partial charge is 0.443 e. The third kappa shape index (κ3) is 6.37. The van der Waals surface area contributed by atoms with E-state index in [2.05, 4.69) is 25.7 Å². The molecule has 0 aromatic carbocycles. The molecule has 0 saturated heterocycles. The van der Waals surface area contributed by atoms with Crippen molar-refractivity contribution in [2.75, 3.05) is 17.3 Å². The summed E-state index contributed by atoms with van der Waals surface area (Å²) in [5.74, 6) is -1.18. The number of pyridine rings is 2. The third-order valence-electron chi connectivity index (χ3n) is 5.91. The van der Waals surface area contributed by atoms with Crippen LogP contribution in [-0.4, -0.2) is 61.0 Å². The van der Waals surface area contributed by atoms with Gasteiger partial charge in [0.1, 0.15) is 40.5 Å². The highest BCUT2D eigenvalue weighted by Crippen LogP contribution is 2.27. The van der Waals surface area contributed by atoms with Gasteiger partial charge in [0.05, 0.1) is 12.2 Å². The van der Waals surface area contributed by atoms with Crippen LogP contribution < -0.4 is 21.1 Å². The Kier molecular flexibility index (Phi) is 8.54. The molecule has 222 valence electrons. The van der Waals surface area contributed by atoms with Gasteiger partial charge in [-0.25, -0.2) is 23.7 Å². The molecule has 2 N–H and O–H groups in total. The molecule has 4 aromatic heterocycles. The van der Waals surface area contributed by atoms with Gasteiger partial charge in [-0.05, 0) is 45.0 Å². The molecule has 42 heavy (non-hydrogen) atoms. The monoisotopic (exact) mass is 582 g/mol. The molecule has 1 aliphatic carbocycles. The van der Waals surface area contributed by atoms with Gasteiger partial charge in [0.2, 0.25) is 5.95 Å². The molecule has 2 atom stereocenters. The molecule has 1 aliphatic rings. The molecule has 12 nitrogen and oxygen atoms in total. The number of nitrogens with one attached hydrogen (secondary N) is 2. The van der Waals surface area contributed by atoms with Crippen LogP contribution in [-0.2, 0) is 4.74 Å². The number of halogens is 2. The summed E-state index contributed by atoms with van der Waals surface area (Å²) in [6.45, 7) is 9.13. The van der Waals surface area contributed by atoms with Crippen molar-refractivity contribution in [2.24, 2.45) is 0 Å². The van der Waals surface area contributed by atoms with E-state index in [-0.39, 0.29) is 40.8 Å². The van der Waals surface area contributed by atoms with Crippen LogP contribution in [0.4, 0.5) is 30.9 Å². The highest BCUT2D eigenvalue weighted by Gasteiger charge is 2.39. The molecule has 2 unspecified atom stereocenters. The number of carbonyl (C=O) groups excluding carboxylic acids is 2. The van der Waals surface area contributed by atoms with Crippen LogP contribution in [0.3, 0.4) is 0 Å². The van der Waals surface area contributed by atoms with E-state index in [9.17, 15) is 23.2 Å². The minimum atomic E-state index is -1.12. The van der Waals surface area contributed by atoms with Crippen LogP contribution in [0, 0.1) is 5.95 Å². The van der Waals surface area contributed by atoms with Gasteiger partial charge >= 0.3 is 6.09 Å². The fraction of sp³-hybridized carbons (Fsp3) is 0.357. The van der Waals surface area contributed by atoms with E-state index in [1.54, 1.807) is 32.9 Å². The van der Waals surface area contributed by atoms with E-state index < -0.39 is 41.3 Å². The maximum absolute atomic E-state index is 14.6. The Morgan fingerprint density at radius 2 is 1.88 bits per heavy atom. The Labute approximate surface area is 240 Å². The Morgan fingerprint density at radius 3 is 2.50 bits per heavy atom. The molecular formula is C28H32F2N8O4. The van der Waals surface area contributed by atoms with E-state index in [1.807, 2.05) is 13.8 Å². The Morgan fingerprint density at radius 1 is 1.17 bits per heavy atom. The average Bonchev–Trinajstić information content (AvgIpc) is 3.46. The van der Waals surface area contributed by atoms with E-state index in [4.69, 9.17) is 4.74 Å². The van der Waals surface area contributed by atoms with Crippen molar-refractivity contribution in [1.82, 2.24) is 29.5 Å². The average molecular weight is 583 g/mol. The molecule has 1 saturated carbocycles. The lowest BCUT2D eigenvalue weighted by Gasteiger charge is -2.25. The summed E-state index contributed by atoms with van der Waals surface area (Å²) in [6, 6.07) is 7.86. The number of carbonyl (C=O) groups is 2. The highest BCUT2D eigenvalue weighted by atomic mass is 19.1. The number of nitrogens with zero attached hydrogens (tertiary/aromatic N) is 6. The van der Waals surface area contributed by atoms with Crippen LogP contribution in [0.2, 0.25) is 0 Å². The number of rotatable bonds is 6. The minimum absolute atomic E-state index is 0.0200. The molecular weight excluding hydrogens is 550 g/mol. The smallest absolute Gasteiger partial charge is 0.415 e. The minimum Gasteiger partial charge on any atom is -0.443 e. The second kappa shape index (κ2) is 11.9. The predicted octanol–water partition coefficient (Wildman–Crippen LogP) is 4.40. The lowest BCUT2D eigenvalue weighted by molar-refractivity contribution is 0.0587.